The Morgan fingerprint density at radius 3 is 3.11 bits per heavy atom. The number of anilines is 1. The van der Waals surface area contributed by atoms with Crippen LogP contribution in [-0.4, -0.2) is 27.8 Å². The fourth-order valence-corrected chi connectivity index (χ4v) is 2.13. The highest BCUT2D eigenvalue weighted by Gasteiger charge is 2.20. The number of halogens is 1. The summed E-state index contributed by atoms with van der Waals surface area (Å²) in [6.45, 7) is 0.525. The van der Waals surface area contributed by atoms with Crippen molar-refractivity contribution in [2.45, 2.75) is 13.0 Å². The van der Waals surface area contributed by atoms with Crippen LogP contribution in [-0.2, 0) is 11.3 Å². The van der Waals surface area contributed by atoms with Crippen molar-refractivity contribution in [3.63, 3.8) is 0 Å². The number of ether oxygens (including phenoxy) is 1. The number of hydrogen-bond acceptors (Lipinski definition) is 4. The number of carbonyl (C=O) groups is 1. The van der Waals surface area contributed by atoms with E-state index in [9.17, 15) is 4.79 Å². The molecule has 1 amide bonds. The lowest BCUT2D eigenvalue weighted by atomic mass is 10.2. The molecule has 0 saturated heterocycles. The number of methoxy groups -OCH3 is 1. The summed E-state index contributed by atoms with van der Waals surface area (Å²) in [5.74, 6) is 1.52. The average molecular weight is 279 g/mol. The molecule has 0 saturated carbocycles. The summed E-state index contributed by atoms with van der Waals surface area (Å²) in [4.78, 5) is 15.6. The predicted molar refractivity (Wildman–Crippen MR) is 70.3 cm³/mol. The number of carbonyl (C=O) groups excluding carboxylic acids is 1. The van der Waals surface area contributed by atoms with Gasteiger partial charge in [-0.1, -0.05) is 11.6 Å². The lowest BCUT2D eigenvalue weighted by molar-refractivity contribution is -0.117. The maximum absolute atomic E-state index is 11.3. The van der Waals surface area contributed by atoms with Gasteiger partial charge in [0.05, 0.1) is 19.2 Å². The number of hydrogen-bond donors (Lipinski definition) is 1. The lowest BCUT2D eigenvalue weighted by Crippen LogP contribution is -2.23. The topological polar surface area (TPSA) is 69.0 Å². The second kappa shape index (κ2) is 4.55. The molecule has 0 bridgehead atoms. The molecule has 6 nitrogen and oxygen atoms in total. The van der Waals surface area contributed by atoms with Crippen LogP contribution in [0.4, 0.5) is 5.95 Å². The van der Waals surface area contributed by atoms with E-state index in [-0.39, 0.29) is 5.91 Å². The van der Waals surface area contributed by atoms with Crippen molar-refractivity contribution in [2.24, 2.45) is 0 Å². The van der Waals surface area contributed by atoms with E-state index in [2.05, 4.69) is 15.4 Å². The van der Waals surface area contributed by atoms with Crippen molar-refractivity contribution in [2.75, 3.05) is 12.4 Å². The molecule has 1 aliphatic rings. The van der Waals surface area contributed by atoms with Gasteiger partial charge in [-0.2, -0.15) is 4.98 Å². The van der Waals surface area contributed by atoms with Crippen LogP contribution in [0.3, 0.4) is 0 Å². The van der Waals surface area contributed by atoms with Crippen LogP contribution in [0.15, 0.2) is 18.2 Å². The molecule has 7 heteroatoms. The molecule has 0 spiro atoms. The van der Waals surface area contributed by atoms with Crippen LogP contribution in [0.5, 0.6) is 5.75 Å². The Balaban J connectivity index is 2.08. The van der Waals surface area contributed by atoms with Gasteiger partial charge in [-0.15, -0.1) is 5.10 Å². The number of aryl methyl sites for hydroxylation is 1. The average Bonchev–Trinajstić information content (AvgIpc) is 2.81. The molecule has 0 fully saturated rings. The highest BCUT2D eigenvalue weighted by molar-refractivity contribution is 6.30. The third-order valence-electron chi connectivity index (χ3n) is 2.88. The first kappa shape index (κ1) is 12.0. The van der Waals surface area contributed by atoms with Crippen molar-refractivity contribution in [1.29, 1.82) is 0 Å². The maximum atomic E-state index is 11.3. The van der Waals surface area contributed by atoms with Crippen molar-refractivity contribution in [1.82, 2.24) is 14.8 Å². The van der Waals surface area contributed by atoms with Gasteiger partial charge in [0, 0.05) is 11.4 Å². The fourth-order valence-electron chi connectivity index (χ4n) is 1.95. The van der Waals surface area contributed by atoms with Crippen LogP contribution >= 0.6 is 11.6 Å². The van der Waals surface area contributed by atoms with E-state index in [1.165, 1.54) is 0 Å². The fraction of sp³-hybridized carbons (Fsp3) is 0.250. The van der Waals surface area contributed by atoms with Crippen molar-refractivity contribution in [3.05, 3.63) is 23.2 Å². The van der Waals surface area contributed by atoms with Gasteiger partial charge in [0.15, 0.2) is 5.82 Å². The molecule has 2 heterocycles. The summed E-state index contributed by atoms with van der Waals surface area (Å²) in [5.41, 5.74) is 0.700. The first-order valence-electron chi connectivity index (χ1n) is 5.76. The summed E-state index contributed by atoms with van der Waals surface area (Å²) < 4.78 is 6.94. The number of benzene rings is 1. The van der Waals surface area contributed by atoms with E-state index in [1.807, 2.05) is 0 Å². The monoisotopic (exact) mass is 278 g/mol. The Kier molecular flexibility index (Phi) is 2.87. The van der Waals surface area contributed by atoms with E-state index in [4.69, 9.17) is 16.3 Å². The highest BCUT2D eigenvalue weighted by atomic mass is 35.5. The van der Waals surface area contributed by atoms with Crippen molar-refractivity contribution in [3.8, 4) is 17.1 Å². The molecular formula is C12H11ClN4O2. The van der Waals surface area contributed by atoms with Gasteiger partial charge in [-0.25, -0.2) is 4.68 Å². The maximum Gasteiger partial charge on any atom is 0.228 e. The van der Waals surface area contributed by atoms with Crippen LogP contribution in [0.1, 0.15) is 6.42 Å². The van der Waals surface area contributed by atoms with Gasteiger partial charge in [-0.05, 0) is 18.2 Å². The number of amides is 1. The molecule has 1 aliphatic heterocycles. The van der Waals surface area contributed by atoms with E-state index in [1.54, 1.807) is 30.0 Å². The Bertz CT molecular complexity index is 653. The minimum atomic E-state index is -0.0514. The van der Waals surface area contributed by atoms with Crippen LogP contribution < -0.4 is 10.1 Å². The summed E-state index contributed by atoms with van der Waals surface area (Å²) >= 11 is 5.99. The number of aromatic nitrogens is 3. The van der Waals surface area contributed by atoms with Crippen molar-refractivity contribution < 1.29 is 9.53 Å². The van der Waals surface area contributed by atoms with Gasteiger partial charge in [0.25, 0.3) is 0 Å². The van der Waals surface area contributed by atoms with Gasteiger partial charge in [0.1, 0.15) is 5.75 Å². The summed E-state index contributed by atoms with van der Waals surface area (Å²) in [6, 6.07) is 5.24. The molecule has 3 rings (SSSR count). The Morgan fingerprint density at radius 2 is 2.32 bits per heavy atom. The Labute approximate surface area is 114 Å². The summed E-state index contributed by atoms with van der Waals surface area (Å²) in [6.07, 6.45) is 0.405. The van der Waals surface area contributed by atoms with Crippen molar-refractivity contribution >= 4 is 23.5 Å². The number of nitrogens with one attached hydrogen (secondary N) is 1. The SMILES string of the molecule is COc1ccc(Cl)cc1-c1nc2n(n1)CCC(=O)N2. The smallest absolute Gasteiger partial charge is 0.228 e. The number of nitrogens with zero attached hydrogens (tertiary/aromatic N) is 3. The second-order valence-electron chi connectivity index (χ2n) is 4.12. The van der Waals surface area contributed by atoms with Crippen LogP contribution in [0, 0.1) is 0 Å². The van der Waals surface area contributed by atoms with Gasteiger partial charge in [0.2, 0.25) is 11.9 Å². The predicted octanol–water partition coefficient (Wildman–Crippen LogP) is 1.95. The number of rotatable bonds is 2. The van der Waals surface area contributed by atoms with E-state index in [0.717, 1.165) is 0 Å². The van der Waals surface area contributed by atoms with Crippen LogP contribution in [0.2, 0.25) is 5.02 Å². The molecule has 1 N–H and O–H groups in total. The summed E-state index contributed by atoms with van der Waals surface area (Å²) in [7, 11) is 1.57. The van der Waals surface area contributed by atoms with Gasteiger partial charge < -0.3 is 4.74 Å². The van der Waals surface area contributed by atoms with E-state index >= 15 is 0 Å². The number of fused-ring (bicyclic) bond motifs is 1. The molecule has 0 unspecified atom stereocenters. The zero-order chi connectivity index (χ0) is 13.4. The highest BCUT2D eigenvalue weighted by Crippen LogP contribution is 2.31. The standard InChI is InChI=1S/C12H11ClN4O2/c1-19-9-3-2-7(13)6-8(9)11-15-12-14-10(18)4-5-17(12)16-11/h2-3,6H,4-5H2,1H3,(H,14,15,16,18). The quantitative estimate of drug-likeness (QED) is 0.911. The normalized spacial score (nSPS) is 13.9. The molecule has 2 aromatic rings. The van der Waals surface area contributed by atoms with E-state index in [0.29, 0.717) is 41.1 Å². The molecular weight excluding hydrogens is 268 g/mol. The largest absolute Gasteiger partial charge is 0.496 e. The van der Waals surface area contributed by atoms with E-state index < -0.39 is 0 Å². The van der Waals surface area contributed by atoms with Gasteiger partial charge >= 0.3 is 0 Å². The first-order chi connectivity index (χ1) is 9.17. The Hall–Kier alpha value is -2.08. The summed E-state index contributed by atoms with van der Waals surface area (Å²) in [5, 5.41) is 7.61. The Morgan fingerprint density at radius 1 is 1.47 bits per heavy atom. The molecule has 1 aromatic carbocycles. The second-order valence-corrected chi connectivity index (χ2v) is 4.56. The minimum absolute atomic E-state index is 0.0514. The molecule has 98 valence electrons. The lowest BCUT2D eigenvalue weighted by Gasteiger charge is -2.11. The third-order valence-corrected chi connectivity index (χ3v) is 3.11. The molecule has 0 aliphatic carbocycles. The molecule has 19 heavy (non-hydrogen) atoms. The minimum Gasteiger partial charge on any atom is -0.496 e. The molecule has 0 atom stereocenters. The zero-order valence-electron chi connectivity index (χ0n) is 10.2. The molecule has 1 aromatic heterocycles. The molecule has 0 radical (unpaired) electrons. The van der Waals surface area contributed by atoms with Crippen LogP contribution in [0.25, 0.3) is 11.4 Å². The van der Waals surface area contributed by atoms with Gasteiger partial charge in [-0.3, -0.25) is 10.1 Å². The third kappa shape index (κ3) is 2.15. The first-order valence-corrected chi connectivity index (χ1v) is 6.14. The zero-order valence-corrected chi connectivity index (χ0v) is 10.9.